The van der Waals surface area contributed by atoms with E-state index in [0.29, 0.717) is 35.5 Å². The zero-order valence-electron chi connectivity index (χ0n) is 18.8. The van der Waals surface area contributed by atoms with Crippen molar-refractivity contribution in [2.24, 2.45) is 17.1 Å². The molecule has 9 nitrogen and oxygen atoms in total. The fourth-order valence-corrected chi connectivity index (χ4v) is 5.40. The van der Waals surface area contributed by atoms with Gasteiger partial charge >= 0.3 is 6.01 Å². The molecule has 0 amide bonds. The number of nitrogens with one attached hydrogen (secondary N) is 2. The van der Waals surface area contributed by atoms with E-state index < -0.39 is 0 Å². The Morgan fingerprint density at radius 3 is 2.79 bits per heavy atom. The van der Waals surface area contributed by atoms with Crippen LogP contribution in [0.1, 0.15) is 31.0 Å². The molecule has 1 aliphatic heterocycles. The molecule has 3 fully saturated rings. The normalized spacial score (nSPS) is 23.5. The number of nitrogens with two attached hydrogens (primary N) is 1. The van der Waals surface area contributed by atoms with Gasteiger partial charge < -0.3 is 25.7 Å². The van der Waals surface area contributed by atoms with Gasteiger partial charge in [-0.1, -0.05) is 0 Å². The summed E-state index contributed by atoms with van der Waals surface area (Å²) in [5.41, 5.74) is 8.28. The first-order valence-corrected chi connectivity index (χ1v) is 11.7. The summed E-state index contributed by atoms with van der Waals surface area (Å²) in [6.45, 7) is 2.34. The number of benzene rings is 1. The first-order valence-electron chi connectivity index (χ1n) is 11.7. The van der Waals surface area contributed by atoms with Gasteiger partial charge in [0.15, 0.2) is 5.75 Å². The predicted octanol–water partition coefficient (Wildman–Crippen LogP) is 3.54. The van der Waals surface area contributed by atoms with Crippen LogP contribution in [0.2, 0.25) is 0 Å². The molecule has 34 heavy (non-hydrogen) atoms. The van der Waals surface area contributed by atoms with Crippen LogP contribution in [0.4, 0.5) is 15.9 Å². The number of halogens is 1. The zero-order chi connectivity index (χ0) is 23.0. The van der Waals surface area contributed by atoms with Crippen molar-refractivity contribution in [3.05, 3.63) is 36.2 Å². The molecule has 174 valence electrons. The molecule has 10 heteroatoms. The molecule has 3 aromatic heterocycles. The fraction of sp³-hybridized carbons (Fsp3) is 0.417. The van der Waals surface area contributed by atoms with Crippen LogP contribution in [-0.2, 0) is 0 Å². The molecule has 4 aromatic rings. The van der Waals surface area contributed by atoms with Crippen LogP contribution in [0, 0.1) is 17.2 Å². The van der Waals surface area contributed by atoms with Crippen LogP contribution in [0.5, 0.6) is 11.8 Å². The lowest BCUT2D eigenvalue weighted by Crippen LogP contribution is -2.29. The molecule has 1 aromatic carbocycles. The third-order valence-corrected chi connectivity index (χ3v) is 7.57. The number of piperidine rings is 1. The van der Waals surface area contributed by atoms with E-state index in [2.05, 4.69) is 30.2 Å². The van der Waals surface area contributed by atoms with Crippen LogP contribution < -0.4 is 20.7 Å². The number of rotatable bonds is 6. The molecule has 2 saturated carbocycles. The SMILES string of the molecule is CNc1cc(F)cc2c1[nH]c1nc(Oc3cnc(C4CC4)nc3)nc(N3CC4CC4(CN)C3)c12. The second kappa shape index (κ2) is 6.99. The third-order valence-electron chi connectivity index (χ3n) is 7.57. The fourth-order valence-electron chi connectivity index (χ4n) is 5.40. The first-order chi connectivity index (χ1) is 16.6. The summed E-state index contributed by atoms with van der Waals surface area (Å²) in [4.78, 5) is 23.9. The van der Waals surface area contributed by atoms with Crippen molar-refractivity contribution in [2.45, 2.75) is 25.2 Å². The van der Waals surface area contributed by atoms with E-state index in [9.17, 15) is 4.39 Å². The number of H-pyrrole nitrogens is 1. The smallest absolute Gasteiger partial charge is 0.326 e. The Balaban J connectivity index is 1.35. The molecule has 7 rings (SSSR count). The van der Waals surface area contributed by atoms with E-state index in [4.69, 9.17) is 15.5 Å². The number of ether oxygens (including phenoxy) is 1. The lowest BCUT2D eigenvalue weighted by molar-refractivity contribution is 0.438. The molecule has 2 aliphatic carbocycles. The summed E-state index contributed by atoms with van der Waals surface area (Å²) in [7, 11) is 1.77. The standard InChI is InChI=1S/C24H25FN8O/c1-27-17-5-14(25)4-16-18-21(30-19(16)17)31-23(34-15-7-28-20(29-8-15)12-2-3-12)32-22(18)33-9-13-6-24(13,10-26)11-33/h4-5,7-8,12-13,27H,2-3,6,9-11,26H2,1H3,(H,30,31,32). The minimum absolute atomic E-state index is 0.151. The van der Waals surface area contributed by atoms with Crippen LogP contribution >= 0.6 is 0 Å². The van der Waals surface area contributed by atoms with Gasteiger partial charge in [-0.25, -0.2) is 14.4 Å². The Hall–Kier alpha value is -3.53. The summed E-state index contributed by atoms with van der Waals surface area (Å²) in [5.74, 6) is 2.78. The number of aromatic nitrogens is 5. The zero-order valence-corrected chi connectivity index (χ0v) is 18.8. The highest BCUT2D eigenvalue weighted by Crippen LogP contribution is 2.58. The molecular formula is C24H25FN8O. The maximum Gasteiger partial charge on any atom is 0.326 e. The highest BCUT2D eigenvalue weighted by molar-refractivity contribution is 6.14. The molecular weight excluding hydrogens is 435 g/mol. The van der Waals surface area contributed by atoms with Crippen molar-refractivity contribution in [2.75, 3.05) is 36.9 Å². The Kier molecular flexibility index (Phi) is 4.09. The number of anilines is 2. The van der Waals surface area contributed by atoms with Crippen molar-refractivity contribution in [1.29, 1.82) is 0 Å². The van der Waals surface area contributed by atoms with Gasteiger partial charge in [-0.15, -0.1) is 0 Å². The van der Waals surface area contributed by atoms with Crippen LogP contribution in [-0.4, -0.2) is 51.6 Å². The third kappa shape index (κ3) is 3.01. The van der Waals surface area contributed by atoms with E-state index in [0.717, 1.165) is 60.3 Å². The summed E-state index contributed by atoms with van der Waals surface area (Å²) >= 11 is 0. The molecule has 4 N–H and O–H groups in total. The maximum absolute atomic E-state index is 14.5. The molecule has 0 radical (unpaired) electrons. The molecule has 2 atom stereocenters. The topological polar surface area (TPSA) is 118 Å². The van der Waals surface area contributed by atoms with Crippen LogP contribution in [0.15, 0.2) is 24.5 Å². The highest BCUT2D eigenvalue weighted by Gasteiger charge is 2.59. The quantitative estimate of drug-likeness (QED) is 0.400. The van der Waals surface area contributed by atoms with Crippen molar-refractivity contribution in [3.63, 3.8) is 0 Å². The van der Waals surface area contributed by atoms with E-state index in [1.807, 2.05) is 0 Å². The summed E-state index contributed by atoms with van der Waals surface area (Å²) in [5, 5.41) is 4.59. The van der Waals surface area contributed by atoms with Gasteiger partial charge in [-0.3, -0.25) is 0 Å². The molecule has 3 aliphatic rings. The van der Waals surface area contributed by atoms with Gasteiger partial charge in [0.2, 0.25) is 0 Å². The second-order valence-electron chi connectivity index (χ2n) is 9.81. The average Bonchev–Trinajstić information content (AvgIpc) is 3.75. The Bertz CT molecular complexity index is 1430. The van der Waals surface area contributed by atoms with Crippen molar-refractivity contribution < 1.29 is 9.13 Å². The van der Waals surface area contributed by atoms with Crippen molar-refractivity contribution in [1.82, 2.24) is 24.9 Å². The number of nitrogens with zero attached hydrogens (tertiary/aromatic N) is 5. The lowest BCUT2D eigenvalue weighted by atomic mass is 10.1. The number of hydrogen-bond donors (Lipinski definition) is 3. The highest BCUT2D eigenvalue weighted by atomic mass is 19.1. The molecule has 0 bridgehead atoms. The first kappa shape index (κ1) is 19.9. The monoisotopic (exact) mass is 460 g/mol. The number of aromatic amines is 1. The van der Waals surface area contributed by atoms with E-state index in [-0.39, 0.29) is 17.2 Å². The predicted molar refractivity (Wildman–Crippen MR) is 127 cm³/mol. The number of fused-ring (bicyclic) bond motifs is 4. The van der Waals surface area contributed by atoms with E-state index in [1.165, 1.54) is 12.1 Å². The number of hydrogen-bond acceptors (Lipinski definition) is 8. The van der Waals surface area contributed by atoms with Crippen LogP contribution in [0.25, 0.3) is 21.9 Å². The molecule has 0 spiro atoms. The van der Waals surface area contributed by atoms with Crippen LogP contribution in [0.3, 0.4) is 0 Å². The Morgan fingerprint density at radius 1 is 1.26 bits per heavy atom. The summed E-state index contributed by atoms with van der Waals surface area (Å²) in [6, 6.07) is 3.20. The maximum atomic E-state index is 14.5. The minimum Gasteiger partial charge on any atom is -0.421 e. The van der Waals surface area contributed by atoms with E-state index >= 15 is 0 Å². The lowest BCUT2D eigenvalue weighted by Gasteiger charge is -2.22. The Labute approximate surface area is 195 Å². The van der Waals surface area contributed by atoms with Crippen molar-refractivity contribution >= 4 is 33.4 Å². The van der Waals surface area contributed by atoms with Crippen molar-refractivity contribution in [3.8, 4) is 11.8 Å². The minimum atomic E-state index is -0.320. The Morgan fingerprint density at radius 2 is 2.09 bits per heavy atom. The van der Waals surface area contributed by atoms with Gasteiger partial charge in [-0.2, -0.15) is 9.97 Å². The van der Waals surface area contributed by atoms with Gasteiger partial charge in [0.1, 0.15) is 23.1 Å². The van der Waals surface area contributed by atoms with Gasteiger partial charge in [0.05, 0.1) is 29.0 Å². The largest absolute Gasteiger partial charge is 0.421 e. The average molecular weight is 461 g/mol. The second-order valence-corrected chi connectivity index (χ2v) is 9.81. The summed E-state index contributed by atoms with van der Waals surface area (Å²) < 4.78 is 20.5. The van der Waals surface area contributed by atoms with Gasteiger partial charge in [0.25, 0.3) is 0 Å². The van der Waals surface area contributed by atoms with E-state index in [1.54, 1.807) is 19.4 Å². The molecule has 1 saturated heterocycles. The summed E-state index contributed by atoms with van der Waals surface area (Å²) in [6.07, 6.45) is 6.76. The molecule has 4 heterocycles. The van der Waals surface area contributed by atoms with Gasteiger partial charge in [0, 0.05) is 36.9 Å². The van der Waals surface area contributed by atoms with Gasteiger partial charge in [-0.05, 0) is 43.9 Å². The molecule has 2 unspecified atom stereocenters.